The number of nitro groups is 1. The van der Waals surface area contributed by atoms with Gasteiger partial charge in [0.2, 0.25) is 5.91 Å². The second-order valence-corrected chi connectivity index (χ2v) is 8.98. The normalized spacial score (nSPS) is 11.7. The first kappa shape index (κ1) is 24.9. The molecule has 0 aliphatic rings. The number of Topliss-reactive ketones (excluding diaryl/α,β-unsaturated/α-hetero) is 1. The number of methoxy groups -OCH3 is 1. The quantitative estimate of drug-likeness (QED) is 0.194. The van der Waals surface area contributed by atoms with Crippen LogP contribution < -0.4 is 10.1 Å². The van der Waals surface area contributed by atoms with Crippen molar-refractivity contribution < 1.29 is 19.2 Å². The van der Waals surface area contributed by atoms with Gasteiger partial charge in [-0.2, -0.15) is 0 Å². The number of carbonyl (C=O) groups excluding carboxylic acids is 2. The van der Waals surface area contributed by atoms with Crippen LogP contribution >= 0.6 is 11.8 Å². The molecule has 1 N–H and O–H groups in total. The van der Waals surface area contributed by atoms with E-state index in [9.17, 15) is 19.7 Å². The van der Waals surface area contributed by atoms with E-state index >= 15 is 0 Å². The van der Waals surface area contributed by atoms with Crippen LogP contribution in [0, 0.1) is 10.1 Å². The van der Waals surface area contributed by atoms with Crippen LogP contribution in [-0.2, 0) is 16.0 Å². The van der Waals surface area contributed by atoms with Gasteiger partial charge in [0.25, 0.3) is 5.69 Å². The lowest BCUT2D eigenvalue weighted by atomic mass is 10.0. The Morgan fingerprint density at radius 1 is 1.11 bits per heavy atom. The molecule has 1 atom stereocenters. The molecule has 0 fully saturated rings. The summed E-state index contributed by atoms with van der Waals surface area (Å²) in [5.74, 6) is 0.131. The summed E-state index contributed by atoms with van der Waals surface area (Å²) in [4.78, 5) is 40.4. The molecule has 4 aromatic rings. The summed E-state index contributed by atoms with van der Waals surface area (Å²) in [5, 5.41) is 14.6. The van der Waals surface area contributed by atoms with Crippen LogP contribution in [0.2, 0.25) is 0 Å². The van der Waals surface area contributed by atoms with Crippen LogP contribution in [0.1, 0.15) is 12.5 Å². The molecule has 0 saturated heterocycles. The number of ketones is 1. The number of hydrogen-bond donors (Lipinski definition) is 1. The Morgan fingerprint density at radius 2 is 1.83 bits per heavy atom. The number of aromatic nitrogens is 2. The molecule has 1 heterocycles. The van der Waals surface area contributed by atoms with Crippen LogP contribution in [0.3, 0.4) is 0 Å². The number of fused-ring (bicyclic) bond motifs is 1. The van der Waals surface area contributed by atoms with Crippen LogP contribution in [-0.4, -0.2) is 45.1 Å². The third kappa shape index (κ3) is 5.55. The van der Waals surface area contributed by atoms with Crippen molar-refractivity contribution in [1.29, 1.82) is 0 Å². The van der Waals surface area contributed by atoms with E-state index in [-0.39, 0.29) is 23.1 Å². The summed E-state index contributed by atoms with van der Waals surface area (Å²) in [6.45, 7) is 1.45. The highest BCUT2D eigenvalue weighted by Crippen LogP contribution is 2.33. The van der Waals surface area contributed by atoms with Crippen LogP contribution in [0.4, 0.5) is 5.69 Å². The SMILES string of the molecule is COc1ccccc1-n1c(SCC(=O)NC(Cc2ccccc2)C(C)=O)nc2cc([N+](=O)[O-])ccc21. The molecule has 1 unspecified atom stereocenters. The molecule has 0 saturated carbocycles. The van der Waals surface area contributed by atoms with E-state index in [2.05, 4.69) is 10.3 Å². The van der Waals surface area contributed by atoms with Crippen molar-refractivity contribution in [3.63, 3.8) is 0 Å². The zero-order valence-electron chi connectivity index (χ0n) is 19.7. The lowest BCUT2D eigenvalue weighted by Crippen LogP contribution is -2.42. The third-order valence-electron chi connectivity index (χ3n) is 5.59. The van der Waals surface area contributed by atoms with E-state index < -0.39 is 11.0 Å². The van der Waals surface area contributed by atoms with E-state index in [0.29, 0.717) is 34.0 Å². The number of amides is 1. The first-order chi connectivity index (χ1) is 17.4. The molecule has 184 valence electrons. The van der Waals surface area contributed by atoms with Crippen molar-refractivity contribution in [2.24, 2.45) is 0 Å². The average Bonchev–Trinajstić information content (AvgIpc) is 3.25. The van der Waals surface area contributed by atoms with Crippen molar-refractivity contribution >= 4 is 40.2 Å². The van der Waals surface area contributed by atoms with E-state index in [1.165, 1.54) is 30.8 Å². The minimum atomic E-state index is -0.642. The van der Waals surface area contributed by atoms with E-state index in [4.69, 9.17) is 4.74 Å². The fourth-order valence-electron chi connectivity index (χ4n) is 3.82. The number of rotatable bonds is 10. The zero-order chi connectivity index (χ0) is 25.7. The maximum absolute atomic E-state index is 12.8. The number of hydrogen-bond acceptors (Lipinski definition) is 7. The minimum absolute atomic E-state index is 0.000859. The number of benzene rings is 3. The fourth-order valence-corrected chi connectivity index (χ4v) is 4.65. The molecule has 36 heavy (non-hydrogen) atoms. The second kappa shape index (κ2) is 11.0. The molecule has 0 aliphatic carbocycles. The van der Waals surface area contributed by atoms with Gasteiger partial charge in [-0.1, -0.05) is 54.2 Å². The van der Waals surface area contributed by atoms with Crippen molar-refractivity contribution in [2.75, 3.05) is 12.9 Å². The lowest BCUT2D eigenvalue weighted by Gasteiger charge is -2.16. The Morgan fingerprint density at radius 3 is 2.53 bits per heavy atom. The van der Waals surface area contributed by atoms with Crippen LogP contribution in [0.25, 0.3) is 16.7 Å². The number of nitrogens with one attached hydrogen (secondary N) is 1. The Bertz CT molecular complexity index is 1420. The molecule has 3 aromatic carbocycles. The molecule has 0 aliphatic heterocycles. The van der Waals surface area contributed by atoms with Crippen molar-refractivity contribution in [1.82, 2.24) is 14.9 Å². The zero-order valence-corrected chi connectivity index (χ0v) is 20.5. The number of nitro benzene ring substituents is 1. The average molecular weight is 505 g/mol. The molecule has 0 bridgehead atoms. The van der Waals surface area contributed by atoms with Gasteiger partial charge in [0.05, 0.1) is 40.5 Å². The van der Waals surface area contributed by atoms with Crippen LogP contribution in [0.15, 0.2) is 78.0 Å². The first-order valence-electron chi connectivity index (χ1n) is 11.1. The van der Waals surface area contributed by atoms with Gasteiger partial charge in [-0.25, -0.2) is 4.98 Å². The number of carbonyl (C=O) groups is 2. The van der Waals surface area contributed by atoms with Gasteiger partial charge in [-0.05, 0) is 37.1 Å². The third-order valence-corrected chi connectivity index (χ3v) is 6.52. The van der Waals surface area contributed by atoms with E-state index in [1.54, 1.807) is 19.2 Å². The number of thioether (sulfide) groups is 1. The molecule has 4 rings (SSSR count). The van der Waals surface area contributed by atoms with Gasteiger partial charge in [-0.3, -0.25) is 24.3 Å². The van der Waals surface area contributed by atoms with Crippen LogP contribution in [0.5, 0.6) is 5.75 Å². The Hall–Kier alpha value is -4.18. The molecule has 9 nitrogen and oxygen atoms in total. The van der Waals surface area contributed by atoms with E-state index in [1.807, 2.05) is 53.1 Å². The molecule has 10 heteroatoms. The first-order valence-corrected chi connectivity index (χ1v) is 12.1. The number of non-ortho nitro benzene ring substituents is 1. The highest BCUT2D eigenvalue weighted by Gasteiger charge is 2.21. The van der Waals surface area contributed by atoms with Gasteiger partial charge in [0.15, 0.2) is 10.9 Å². The molecular formula is C26H24N4O5S. The highest BCUT2D eigenvalue weighted by atomic mass is 32.2. The van der Waals surface area contributed by atoms with Crippen molar-refractivity contribution in [3.8, 4) is 11.4 Å². The lowest BCUT2D eigenvalue weighted by molar-refractivity contribution is -0.384. The molecule has 1 aromatic heterocycles. The largest absolute Gasteiger partial charge is 0.495 e. The summed E-state index contributed by atoms with van der Waals surface area (Å²) >= 11 is 1.17. The maximum atomic E-state index is 12.8. The Balaban J connectivity index is 1.61. The summed E-state index contributed by atoms with van der Waals surface area (Å²) in [7, 11) is 1.55. The monoisotopic (exact) mass is 504 g/mol. The predicted molar refractivity (Wildman–Crippen MR) is 138 cm³/mol. The van der Waals surface area contributed by atoms with E-state index in [0.717, 1.165) is 5.56 Å². The summed E-state index contributed by atoms with van der Waals surface area (Å²) in [6, 6.07) is 20.6. The molecule has 0 radical (unpaired) electrons. The number of ether oxygens (including phenoxy) is 1. The van der Waals surface area contributed by atoms with Gasteiger partial charge >= 0.3 is 0 Å². The molecular weight excluding hydrogens is 480 g/mol. The van der Waals surface area contributed by atoms with Gasteiger partial charge in [0, 0.05) is 12.1 Å². The smallest absolute Gasteiger partial charge is 0.271 e. The highest BCUT2D eigenvalue weighted by molar-refractivity contribution is 7.99. The fraction of sp³-hybridized carbons (Fsp3) is 0.192. The summed E-state index contributed by atoms with van der Waals surface area (Å²) in [6.07, 6.45) is 0.399. The topological polar surface area (TPSA) is 116 Å². The Kier molecular flexibility index (Phi) is 7.65. The van der Waals surface area contributed by atoms with Crippen molar-refractivity contribution in [3.05, 3.63) is 88.5 Å². The molecule has 0 spiro atoms. The van der Waals surface area contributed by atoms with Gasteiger partial charge < -0.3 is 10.1 Å². The minimum Gasteiger partial charge on any atom is -0.495 e. The van der Waals surface area contributed by atoms with Crippen molar-refractivity contribution in [2.45, 2.75) is 24.5 Å². The number of para-hydroxylation sites is 2. The standard InChI is InChI=1S/C26H24N4O5S/c1-17(31)20(14-18-8-4-3-5-9-18)27-25(32)16-36-26-28-21-15-19(30(33)34)12-13-22(21)29(26)23-10-6-7-11-24(23)35-2/h3-13,15,20H,14,16H2,1-2H3,(H,27,32). The predicted octanol–water partition coefficient (Wildman–Crippen LogP) is 4.35. The summed E-state index contributed by atoms with van der Waals surface area (Å²) < 4.78 is 7.32. The molecule has 1 amide bonds. The Labute approximate surface area is 211 Å². The second-order valence-electron chi connectivity index (χ2n) is 8.04. The summed E-state index contributed by atoms with van der Waals surface area (Å²) in [5.41, 5.74) is 2.62. The van der Waals surface area contributed by atoms with Gasteiger partial charge in [0.1, 0.15) is 5.75 Å². The number of imidazole rings is 1. The number of nitrogens with zero attached hydrogens (tertiary/aromatic N) is 3. The van der Waals surface area contributed by atoms with Gasteiger partial charge in [-0.15, -0.1) is 0 Å². The maximum Gasteiger partial charge on any atom is 0.271 e.